The number of piperidine rings is 1. The maximum atomic E-state index is 10.1. The summed E-state index contributed by atoms with van der Waals surface area (Å²) in [5.41, 5.74) is 1.18. The third-order valence-electron chi connectivity index (χ3n) is 5.22. The van der Waals surface area contributed by atoms with E-state index in [0.29, 0.717) is 11.8 Å². The van der Waals surface area contributed by atoms with Gasteiger partial charge in [0.05, 0.1) is 6.10 Å². The highest BCUT2D eigenvalue weighted by Crippen LogP contribution is 2.42. The smallest absolute Gasteiger partial charge is 0.116 e. The van der Waals surface area contributed by atoms with Gasteiger partial charge in [-0.15, -0.1) is 0 Å². The Morgan fingerprint density at radius 2 is 1.69 bits per heavy atom. The minimum atomic E-state index is -0.138. The lowest BCUT2D eigenvalue weighted by atomic mass is 9.66. The second kappa shape index (κ2) is 19.1. The monoisotopic (exact) mass is 369 g/mol. The number of carbonyl (C=O) groups excluding carboxylic acids is 1. The topological polar surface area (TPSA) is 49.3 Å². The summed E-state index contributed by atoms with van der Waals surface area (Å²) in [5.74, 6) is 1.82. The molecular formula is C23H47NO2. The van der Waals surface area contributed by atoms with Crippen LogP contribution in [-0.2, 0) is 4.79 Å². The lowest BCUT2D eigenvalue weighted by molar-refractivity contribution is -0.106. The Balaban J connectivity index is 0. The van der Waals surface area contributed by atoms with Crippen molar-refractivity contribution in [3.8, 4) is 0 Å². The molecule has 3 nitrogen and oxygen atoms in total. The van der Waals surface area contributed by atoms with Crippen LogP contribution in [0.3, 0.4) is 0 Å². The highest BCUT2D eigenvalue weighted by Gasteiger charge is 2.37. The van der Waals surface area contributed by atoms with E-state index >= 15 is 0 Å². The summed E-state index contributed by atoms with van der Waals surface area (Å²) < 4.78 is 0. The third kappa shape index (κ3) is 11.9. The minimum absolute atomic E-state index is 0.138. The average Bonchev–Trinajstić information content (AvgIpc) is 2.67. The van der Waals surface area contributed by atoms with Crippen molar-refractivity contribution in [3.05, 3.63) is 12.2 Å². The molecule has 0 aromatic carbocycles. The number of rotatable bonds is 4. The van der Waals surface area contributed by atoms with Crippen LogP contribution in [0.2, 0.25) is 0 Å². The van der Waals surface area contributed by atoms with Gasteiger partial charge in [0.15, 0.2) is 0 Å². The fourth-order valence-electron chi connectivity index (χ4n) is 4.17. The Kier molecular flexibility index (Phi) is 20.2. The molecule has 1 aliphatic heterocycles. The summed E-state index contributed by atoms with van der Waals surface area (Å²) >= 11 is 0. The molecule has 2 rings (SSSR count). The van der Waals surface area contributed by atoms with Crippen LogP contribution >= 0.6 is 0 Å². The number of hydrogen-bond acceptors (Lipinski definition) is 3. The van der Waals surface area contributed by atoms with Crippen LogP contribution in [0.4, 0.5) is 0 Å². The van der Waals surface area contributed by atoms with Crippen molar-refractivity contribution in [2.45, 2.75) is 99.0 Å². The lowest BCUT2D eigenvalue weighted by Crippen LogP contribution is -2.38. The first-order valence-electron chi connectivity index (χ1n) is 11.0. The van der Waals surface area contributed by atoms with E-state index in [1.807, 2.05) is 13.8 Å². The van der Waals surface area contributed by atoms with E-state index in [2.05, 4.69) is 32.7 Å². The molecule has 0 bridgehead atoms. The highest BCUT2D eigenvalue weighted by atomic mass is 16.3. The Labute approximate surface area is 164 Å². The summed E-state index contributed by atoms with van der Waals surface area (Å²) in [4.78, 5) is 8.81. The fourth-order valence-corrected chi connectivity index (χ4v) is 4.17. The van der Waals surface area contributed by atoms with E-state index in [-0.39, 0.29) is 6.10 Å². The van der Waals surface area contributed by atoms with Crippen molar-refractivity contribution in [2.24, 2.45) is 17.8 Å². The van der Waals surface area contributed by atoms with E-state index in [0.717, 1.165) is 18.6 Å². The number of aliphatic hydroxyl groups is 1. The van der Waals surface area contributed by atoms with Crippen LogP contribution in [0.15, 0.2) is 12.2 Å². The van der Waals surface area contributed by atoms with E-state index in [1.54, 1.807) is 0 Å². The van der Waals surface area contributed by atoms with Crippen LogP contribution in [0, 0.1) is 17.8 Å². The predicted octanol–water partition coefficient (Wildman–Crippen LogP) is 5.77. The van der Waals surface area contributed by atoms with Crippen molar-refractivity contribution >= 4 is 6.29 Å². The molecule has 4 atom stereocenters. The molecular weight excluding hydrogens is 322 g/mol. The van der Waals surface area contributed by atoms with Crippen molar-refractivity contribution in [3.63, 3.8) is 0 Å². The summed E-state index contributed by atoms with van der Waals surface area (Å²) in [6.45, 7) is 18.6. The Bertz CT molecular complexity index is 315. The average molecular weight is 370 g/mol. The van der Waals surface area contributed by atoms with Gasteiger partial charge in [-0.2, -0.15) is 0 Å². The first kappa shape index (κ1) is 27.5. The molecule has 0 aromatic heterocycles. The number of hydrogen-bond donors (Lipinski definition) is 2. The van der Waals surface area contributed by atoms with Crippen LogP contribution < -0.4 is 5.32 Å². The SMILES string of the molecule is C1CCNCC1.C=C(C)C1C(O)CCC(CCC)C1CC.CC.CC=O. The second-order valence-electron chi connectivity index (χ2n) is 7.18. The van der Waals surface area contributed by atoms with Crippen molar-refractivity contribution in [2.75, 3.05) is 13.1 Å². The zero-order valence-corrected chi connectivity index (χ0v) is 18.5. The van der Waals surface area contributed by atoms with Gasteiger partial charge < -0.3 is 15.2 Å². The Morgan fingerprint density at radius 1 is 1.15 bits per heavy atom. The first-order chi connectivity index (χ1) is 12.5. The van der Waals surface area contributed by atoms with Gasteiger partial charge in [0.2, 0.25) is 0 Å². The molecule has 1 aliphatic carbocycles. The number of aldehydes is 1. The maximum absolute atomic E-state index is 10.1. The molecule has 1 saturated carbocycles. The van der Waals surface area contributed by atoms with Crippen LogP contribution in [0.25, 0.3) is 0 Å². The lowest BCUT2D eigenvalue weighted by Gasteiger charge is -2.41. The van der Waals surface area contributed by atoms with Gasteiger partial charge in [-0.25, -0.2) is 0 Å². The van der Waals surface area contributed by atoms with Gasteiger partial charge in [0.25, 0.3) is 0 Å². The van der Waals surface area contributed by atoms with Crippen LogP contribution in [0.5, 0.6) is 0 Å². The summed E-state index contributed by atoms with van der Waals surface area (Å²) in [6, 6.07) is 0. The fraction of sp³-hybridized carbons (Fsp3) is 0.870. The van der Waals surface area contributed by atoms with Gasteiger partial charge >= 0.3 is 0 Å². The molecule has 0 aromatic rings. The molecule has 2 fully saturated rings. The van der Waals surface area contributed by atoms with E-state index in [1.165, 1.54) is 70.5 Å². The van der Waals surface area contributed by atoms with Crippen LogP contribution in [-0.4, -0.2) is 30.6 Å². The molecule has 0 spiro atoms. The van der Waals surface area contributed by atoms with Crippen LogP contribution in [0.1, 0.15) is 92.9 Å². The predicted molar refractivity (Wildman–Crippen MR) is 116 cm³/mol. The van der Waals surface area contributed by atoms with Crippen molar-refractivity contribution < 1.29 is 9.90 Å². The van der Waals surface area contributed by atoms with E-state index in [4.69, 9.17) is 4.79 Å². The number of aliphatic hydroxyl groups excluding tert-OH is 1. The number of nitrogens with one attached hydrogen (secondary N) is 1. The molecule has 3 heteroatoms. The van der Waals surface area contributed by atoms with Crippen molar-refractivity contribution in [1.29, 1.82) is 0 Å². The third-order valence-corrected chi connectivity index (χ3v) is 5.22. The summed E-state index contributed by atoms with van der Waals surface area (Å²) in [5, 5.41) is 13.4. The van der Waals surface area contributed by atoms with E-state index in [9.17, 15) is 5.11 Å². The van der Waals surface area contributed by atoms with Crippen molar-refractivity contribution in [1.82, 2.24) is 5.32 Å². The minimum Gasteiger partial charge on any atom is -0.392 e. The van der Waals surface area contributed by atoms with Gasteiger partial charge in [-0.1, -0.05) is 65.5 Å². The first-order valence-corrected chi connectivity index (χ1v) is 11.0. The van der Waals surface area contributed by atoms with E-state index < -0.39 is 0 Å². The maximum Gasteiger partial charge on any atom is 0.116 e. The molecule has 1 saturated heterocycles. The summed E-state index contributed by atoms with van der Waals surface area (Å²) in [7, 11) is 0. The standard InChI is InChI=1S/C14H26O.C5H11N.C2H4O.C2H6/c1-5-7-11-8-9-13(15)14(10(3)4)12(11)6-2;1-2-4-6-5-3-1;1-2-3;1-2/h11-15H,3,5-9H2,1-2,4H3;6H,1-5H2;2H,1H3;1-2H3. The number of carbonyl (C=O) groups is 1. The Morgan fingerprint density at radius 3 is 2.00 bits per heavy atom. The molecule has 0 radical (unpaired) electrons. The molecule has 2 N–H and O–H groups in total. The Hall–Kier alpha value is -0.670. The summed E-state index contributed by atoms with van der Waals surface area (Å²) in [6.07, 6.45) is 10.8. The molecule has 4 unspecified atom stereocenters. The zero-order valence-electron chi connectivity index (χ0n) is 18.5. The zero-order chi connectivity index (χ0) is 20.4. The largest absolute Gasteiger partial charge is 0.392 e. The van der Waals surface area contributed by atoms with Gasteiger partial charge in [-0.05, 0) is 64.5 Å². The van der Waals surface area contributed by atoms with Gasteiger partial charge in [-0.3, -0.25) is 0 Å². The van der Waals surface area contributed by atoms with Gasteiger partial charge in [0, 0.05) is 5.92 Å². The molecule has 2 aliphatic rings. The normalized spacial score (nSPS) is 27.3. The quantitative estimate of drug-likeness (QED) is 0.489. The molecule has 1 heterocycles. The molecule has 26 heavy (non-hydrogen) atoms. The molecule has 156 valence electrons. The van der Waals surface area contributed by atoms with Gasteiger partial charge in [0.1, 0.15) is 6.29 Å². The highest BCUT2D eigenvalue weighted by molar-refractivity contribution is 5.44. The second-order valence-corrected chi connectivity index (χ2v) is 7.18. The molecule has 0 amide bonds.